The summed E-state index contributed by atoms with van der Waals surface area (Å²) >= 11 is 1.63. The molecule has 2 aliphatic heterocycles. The molecule has 126 valence electrons. The molecule has 6 nitrogen and oxygen atoms in total. The van der Waals surface area contributed by atoms with Gasteiger partial charge in [0.15, 0.2) is 11.5 Å². The Morgan fingerprint density at radius 1 is 1.38 bits per heavy atom. The fourth-order valence-corrected chi connectivity index (χ4v) is 4.69. The lowest BCUT2D eigenvalue weighted by atomic mass is 10.0. The summed E-state index contributed by atoms with van der Waals surface area (Å²) < 4.78 is 5.16. The van der Waals surface area contributed by atoms with E-state index in [4.69, 9.17) is 4.74 Å². The Balaban J connectivity index is 1.71. The molecule has 3 heterocycles. The van der Waals surface area contributed by atoms with E-state index in [0.717, 1.165) is 35.6 Å². The van der Waals surface area contributed by atoms with Gasteiger partial charge in [-0.15, -0.1) is 11.3 Å². The third-order valence-corrected chi connectivity index (χ3v) is 5.73. The van der Waals surface area contributed by atoms with E-state index in [1.165, 1.54) is 12.0 Å². The predicted octanol–water partition coefficient (Wildman–Crippen LogP) is 2.30. The minimum absolute atomic E-state index is 0.0438. The van der Waals surface area contributed by atoms with Crippen LogP contribution in [0.15, 0.2) is 18.2 Å². The zero-order valence-electron chi connectivity index (χ0n) is 13.5. The average molecular weight is 345 g/mol. The molecule has 2 aromatic rings. The van der Waals surface area contributed by atoms with Crippen LogP contribution < -0.4 is 15.4 Å². The number of para-hydroxylation sites is 1. The Morgan fingerprint density at radius 3 is 3.00 bits per heavy atom. The normalized spacial score (nSPS) is 19.9. The zero-order valence-corrected chi connectivity index (χ0v) is 14.4. The summed E-state index contributed by atoms with van der Waals surface area (Å²) in [7, 11) is 3.60. The van der Waals surface area contributed by atoms with Gasteiger partial charge in [0.2, 0.25) is 0 Å². The smallest absolute Gasteiger partial charge is 0.256 e. The highest BCUT2D eigenvalue weighted by atomic mass is 32.1. The van der Waals surface area contributed by atoms with Gasteiger partial charge in [0.05, 0.1) is 12.7 Å². The van der Waals surface area contributed by atoms with Crippen molar-refractivity contribution in [1.82, 2.24) is 10.2 Å². The van der Waals surface area contributed by atoms with Crippen LogP contribution in [0.3, 0.4) is 0 Å². The average Bonchev–Trinajstić information content (AvgIpc) is 2.92. The van der Waals surface area contributed by atoms with E-state index in [0.29, 0.717) is 11.3 Å². The van der Waals surface area contributed by atoms with Crippen molar-refractivity contribution in [2.75, 3.05) is 26.0 Å². The molecule has 24 heavy (non-hydrogen) atoms. The molecule has 0 spiro atoms. The molecule has 0 saturated heterocycles. The van der Waals surface area contributed by atoms with Gasteiger partial charge in [-0.1, -0.05) is 12.1 Å². The molecule has 1 atom stereocenters. The SMILES string of the molecule is COc1cccc([C@@H]2NC(=O)c3c(sc4c3CCN(C)C4)N2)c1O. The summed E-state index contributed by atoms with van der Waals surface area (Å²) in [6, 6.07) is 5.27. The largest absolute Gasteiger partial charge is 0.504 e. The Kier molecular flexibility index (Phi) is 3.62. The first-order valence-corrected chi connectivity index (χ1v) is 8.66. The number of methoxy groups -OCH3 is 1. The number of aromatic hydroxyl groups is 1. The van der Waals surface area contributed by atoms with Crippen LogP contribution in [0.5, 0.6) is 11.5 Å². The van der Waals surface area contributed by atoms with Crippen molar-refractivity contribution < 1.29 is 14.6 Å². The van der Waals surface area contributed by atoms with Gasteiger partial charge in [0, 0.05) is 23.5 Å². The van der Waals surface area contributed by atoms with Crippen LogP contribution in [0.25, 0.3) is 0 Å². The van der Waals surface area contributed by atoms with Crippen molar-refractivity contribution in [3.8, 4) is 11.5 Å². The molecule has 1 amide bonds. The van der Waals surface area contributed by atoms with E-state index in [2.05, 4.69) is 22.6 Å². The standard InChI is InChI=1S/C17H19N3O3S/c1-20-7-6-9-12(8-20)24-17-13(9)16(22)18-15(19-17)10-4-3-5-11(23-2)14(10)21/h3-5,15,19,21H,6-8H2,1-2H3,(H,18,22)/t15-/m1/s1. The Hall–Kier alpha value is -2.25. The third kappa shape index (κ3) is 2.32. The van der Waals surface area contributed by atoms with Gasteiger partial charge >= 0.3 is 0 Å². The number of anilines is 1. The van der Waals surface area contributed by atoms with E-state index < -0.39 is 6.17 Å². The summed E-state index contributed by atoms with van der Waals surface area (Å²) in [6.45, 7) is 1.83. The van der Waals surface area contributed by atoms with Gasteiger partial charge in [-0.05, 0) is 25.1 Å². The zero-order chi connectivity index (χ0) is 16.8. The lowest BCUT2D eigenvalue weighted by molar-refractivity contribution is 0.0934. The van der Waals surface area contributed by atoms with Crippen LogP contribution >= 0.6 is 11.3 Å². The van der Waals surface area contributed by atoms with Gasteiger partial charge in [0.25, 0.3) is 5.91 Å². The highest BCUT2D eigenvalue weighted by molar-refractivity contribution is 7.16. The number of rotatable bonds is 2. The molecule has 1 aromatic carbocycles. The number of carbonyl (C=O) groups excluding carboxylic acids is 1. The van der Waals surface area contributed by atoms with Gasteiger partial charge in [-0.3, -0.25) is 4.79 Å². The number of phenols is 1. The monoisotopic (exact) mass is 345 g/mol. The van der Waals surface area contributed by atoms with Gasteiger partial charge in [-0.25, -0.2) is 0 Å². The van der Waals surface area contributed by atoms with E-state index in [-0.39, 0.29) is 11.7 Å². The molecule has 0 aliphatic carbocycles. The number of phenolic OH excluding ortho intramolecular Hbond substituents is 1. The molecule has 0 saturated carbocycles. The summed E-state index contributed by atoms with van der Waals surface area (Å²) in [6.07, 6.45) is 0.417. The second-order valence-electron chi connectivity index (χ2n) is 6.14. The Morgan fingerprint density at radius 2 is 2.21 bits per heavy atom. The van der Waals surface area contributed by atoms with Crippen molar-refractivity contribution >= 4 is 22.2 Å². The molecule has 2 aliphatic rings. The van der Waals surface area contributed by atoms with Crippen molar-refractivity contribution in [2.45, 2.75) is 19.1 Å². The first kappa shape index (κ1) is 15.3. The molecule has 1 aromatic heterocycles. The molecule has 4 rings (SSSR count). The molecule has 0 radical (unpaired) electrons. The first-order chi connectivity index (χ1) is 11.6. The lowest BCUT2D eigenvalue weighted by Crippen LogP contribution is -2.38. The summed E-state index contributed by atoms with van der Waals surface area (Å²) in [5.41, 5.74) is 2.52. The van der Waals surface area contributed by atoms with Crippen LogP contribution in [0.1, 0.15) is 32.5 Å². The van der Waals surface area contributed by atoms with Crippen LogP contribution in [-0.4, -0.2) is 36.6 Å². The molecule has 7 heteroatoms. The maximum Gasteiger partial charge on any atom is 0.256 e. The summed E-state index contributed by atoms with van der Waals surface area (Å²) in [4.78, 5) is 16.2. The minimum atomic E-state index is -0.474. The van der Waals surface area contributed by atoms with Crippen LogP contribution in [0, 0.1) is 0 Å². The highest BCUT2D eigenvalue weighted by Crippen LogP contribution is 2.42. The van der Waals surface area contributed by atoms with Crippen molar-refractivity contribution in [3.05, 3.63) is 39.8 Å². The van der Waals surface area contributed by atoms with E-state index >= 15 is 0 Å². The first-order valence-electron chi connectivity index (χ1n) is 7.85. The molecular formula is C17H19N3O3S. The van der Waals surface area contributed by atoms with E-state index in [1.807, 2.05) is 0 Å². The quantitative estimate of drug-likeness (QED) is 0.779. The number of ether oxygens (including phenoxy) is 1. The second kappa shape index (κ2) is 5.68. The predicted molar refractivity (Wildman–Crippen MR) is 92.8 cm³/mol. The number of benzene rings is 1. The Labute approximate surface area is 144 Å². The van der Waals surface area contributed by atoms with Crippen molar-refractivity contribution in [1.29, 1.82) is 0 Å². The third-order valence-electron chi connectivity index (χ3n) is 4.59. The van der Waals surface area contributed by atoms with Crippen molar-refractivity contribution in [2.24, 2.45) is 0 Å². The summed E-state index contributed by atoms with van der Waals surface area (Å²) in [5, 5.41) is 17.5. The fraction of sp³-hybridized carbons (Fsp3) is 0.353. The molecule has 0 unspecified atom stereocenters. The number of amides is 1. The van der Waals surface area contributed by atoms with Crippen molar-refractivity contribution in [3.63, 3.8) is 0 Å². The summed E-state index contributed by atoms with van der Waals surface area (Å²) in [5.74, 6) is 0.349. The fourth-order valence-electron chi connectivity index (χ4n) is 3.34. The lowest BCUT2D eigenvalue weighted by Gasteiger charge is -2.28. The van der Waals surface area contributed by atoms with E-state index in [9.17, 15) is 9.90 Å². The molecular weight excluding hydrogens is 326 g/mol. The van der Waals surface area contributed by atoms with Gasteiger partial charge < -0.3 is 25.4 Å². The Bertz CT molecular complexity index is 818. The van der Waals surface area contributed by atoms with Crippen LogP contribution in [-0.2, 0) is 13.0 Å². The molecule has 0 bridgehead atoms. The highest BCUT2D eigenvalue weighted by Gasteiger charge is 2.33. The maximum absolute atomic E-state index is 12.7. The molecule has 0 fully saturated rings. The second-order valence-corrected chi connectivity index (χ2v) is 7.25. The number of hydrogen-bond acceptors (Lipinski definition) is 6. The van der Waals surface area contributed by atoms with E-state index in [1.54, 1.807) is 29.5 Å². The number of nitrogens with one attached hydrogen (secondary N) is 2. The van der Waals surface area contributed by atoms with Crippen LogP contribution in [0.4, 0.5) is 5.00 Å². The number of fused-ring (bicyclic) bond motifs is 3. The minimum Gasteiger partial charge on any atom is -0.504 e. The number of carbonyl (C=O) groups is 1. The number of thiophene rings is 1. The van der Waals surface area contributed by atoms with Gasteiger partial charge in [-0.2, -0.15) is 0 Å². The number of hydrogen-bond donors (Lipinski definition) is 3. The topological polar surface area (TPSA) is 73.8 Å². The maximum atomic E-state index is 12.7. The number of likely N-dealkylation sites (N-methyl/N-ethyl adjacent to an activating group) is 1. The molecule has 3 N–H and O–H groups in total. The van der Waals surface area contributed by atoms with Gasteiger partial charge in [0.1, 0.15) is 11.2 Å². The number of nitrogens with zero attached hydrogens (tertiary/aromatic N) is 1. The van der Waals surface area contributed by atoms with Crippen LogP contribution in [0.2, 0.25) is 0 Å².